The van der Waals surface area contributed by atoms with E-state index in [4.69, 9.17) is 0 Å². The molecule has 0 saturated heterocycles. The zero-order valence-electron chi connectivity index (χ0n) is 58.7. The van der Waals surface area contributed by atoms with Crippen LogP contribution in [0.2, 0.25) is 0 Å². The van der Waals surface area contributed by atoms with Gasteiger partial charge in [0.25, 0.3) is 0 Å². The van der Waals surface area contributed by atoms with Crippen molar-refractivity contribution in [1.82, 2.24) is 18.3 Å². The highest BCUT2D eigenvalue weighted by Crippen LogP contribution is 2.46. The van der Waals surface area contributed by atoms with E-state index in [2.05, 4.69) is 407 Å². The van der Waals surface area contributed by atoms with Gasteiger partial charge in [0, 0.05) is 64.9 Å². The second kappa shape index (κ2) is 23.6. The molecule has 0 aliphatic heterocycles. The topological polar surface area (TPSA) is 19.7 Å². The lowest BCUT2D eigenvalue weighted by molar-refractivity contribution is 1.19. The first-order chi connectivity index (χ1) is 53.6. The highest BCUT2D eigenvalue weighted by Gasteiger charge is 2.23. The van der Waals surface area contributed by atoms with Crippen LogP contribution in [0.1, 0.15) is 0 Å². The van der Waals surface area contributed by atoms with Crippen molar-refractivity contribution >= 4 is 173 Å². The van der Waals surface area contributed by atoms with Crippen molar-refractivity contribution in [1.29, 1.82) is 0 Å². The summed E-state index contributed by atoms with van der Waals surface area (Å²) in [6.07, 6.45) is 0. The van der Waals surface area contributed by atoms with E-state index in [1.165, 1.54) is 218 Å². The average Bonchev–Trinajstić information content (AvgIpc) is 1.58. The van der Waals surface area contributed by atoms with Gasteiger partial charge >= 0.3 is 0 Å². The van der Waals surface area contributed by atoms with Crippen LogP contribution >= 0.6 is 0 Å². The van der Waals surface area contributed by atoms with Crippen LogP contribution in [0, 0.1) is 0 Å². The highest BCUT2D eigenvalue weighted by molar-refractivity contribution is 6.27. The van der Waals surface area contributed by atoms with Gasteiger partial charge in [0.2, 0.25) is 0 Å². The summed E-state index contributed by atoms with van der Waals surface area (Å²) < 4.78 is 9.78. The molecule has 4 heterocycles. The van der Waals surface area contributed by atoms with E-state index in [-0.39, 0.29) is 0 Å². The summed E-state index contributed by atoms with van der Waals surface area (Å²) >= 11 is 0. The number of nitrogens with zero attached hydrogens (tertiary/aromatic N) is 4. The first-order valence-corrected chi connectivity index (χ1v) is 37.4. The fraction of sp³-hybridized carbons (Fsp3) is 0. The van der Waals surface area contributed by atoms with Crippen molar-refractivity contribution in [3.05, 3.63) is 388 Å². The molecule has 0 atom stereocenters. The summed E-state index contributed by atoms with van der Waals surface area (Å²) in [7, 11) is 0. The molecule has 20 aromatic carbocycles. The summed E-state index contributed by atoms with van der Waals surface area (Å²) in [5, 5.41) is 30.3. The van der Waals surface area contributed by atoms with E-state index in [1.807, 2.05) is 0 Å². The van der Waals surface area contributed by atoms with E-state index in [1.54, 1.807) is 0 Å². The third-order valence-electron chi connectivity index (χ3n) is 23.3. The lowest BCUT2D eigenvalue weighted by atomic mass is 9.95. The fourth-order valence-corrected chi connectivity index (χ4v) is 18.5. The Bertz CT molecular complexity index is 7930. The number of hydrogen-bond acceptors (Lipinski definition) is 0. The van der Waals surface area contributed by atoms with Gasteiger partial charge in [0.05, 0.1) is 61.2 Å². The molecule has 0 spiro atoms. The van der Waals surface area contributed by atoms with Crippen molar-refractivity contribution in [2.75, 3.05) is 0 Å². The number of hydrogen-bond donors (Lipinski definition) is 0. The van der Waals surface area contributed by atoms with Gasteiger partial charge in [-0.1, -0.05) is 285 Å². The van der Waals surface area contributed by atoms with Crippen molar-refractivity contribution in [3.63, 3.8) is 0 Å². The van der Waals surface area contributed by atoms with Gasteiger partial charge in [-0.2, -0.15) is 0 Å². The van der Waals surface area contributed by atoms with E-state index < -0.39 is 0 Å². The maximum absolute atomic E-state index is 2.45. The Morgan fingerprint density at radius 2 is 0.407 bits per heavy atom. The van der Waals surface area contributed by atoms with Crippen LogP contribution in [0.3, 0.4) is 0 Å². The van der Waals surface area contributed by atoms with Crippen molar-refractivity contribution in [3.8, 4) is 45.0 Å². The van der Waals surface area contributed by atoms with E-state index in [0.717, 1.165) is 0 Å². The third-order valence-corrected chi connectivity index (χ3v) is 23.3. The molecular weight excluding hydrogens is 1310 g/mol. The van der Waals surface area contributed by atoms with Gasteiger partial charge in [-0.15, -0.1) is 0 Å². The Hall–Kier alpha value is -14.3. The van der Waals surface area contributed by atoms with E-state index in [9.17, 15) is 0 Å². The van der Waals surface area contributed by atoms with Gasteiger partial charge < -0.3 is 18.3 Å². The zero-order chi connectivity index (χ0) is 70.7. The lowest BCUT2D eigenvalue weighted by Crippen LogP contribution is -1.95. The number of benzene rings is 20. The molecule has 500 valence electrons. The molecular formula is C104H64N4. The average molecular weight is 1370 g/mol. The predicted octanol–water partition coefficient (Wildman–Crippen LogP) is 28.3. The molecule has 0 unspecified atom stereocenters. The Kier molecular flexibility index (Phi) is 13.1. The van der Waals surface area contributed by atoms with Crippen molar-refractivity contribution in [2.24, 2.45) is 0 Å². The Morgan fingerprint density at radius 1 is 0.130 bits per heavy atom. The molecule has 24 rings (SSSR count). The minimum atomic E-state index is 1.18. The van der Waals surface area contributed by atoms with Crippen LogP contribution in [-0.2, 0) is 0 Å². The summed E-state index contributed by atoms with van der Waals surface area (Å²) in [5.41, 5.74) is 19.5. The molecule has 0 bridgehead atoms. The first kappa shape index (κ1) is 60.1. The van der Waals surface area contributed by atoms with E-state index >= 15 is 0 Å². The molecule has 4 nitrogen and oxygen atoms in total. The largest absolute Gasteiger partial charge is 0.309 e. The molecule has 0 saturated carbocycles. The number of para-hydroxylation sites is 4. The maximum Gasteiger partial charge on any atom is 0.0547 e. The second-order valence-electron chi connectivity index (χ2n) is 29.0. The van der Waals surface area contributed by atoms with Gasteiger partial charge in [0.15, 0.2) is 0 Å². The van der Waals surface area contributed by atoms with Gasteiger partial charge in [-0.3, -0.25) is 0 Å². The summed E-state index contributed by atoms with van der Waals surface area (Å²) in [4.78, 5) is 0. The Morgan fingerprint density at radius 3 is 0.824 bits per heavy atom. The summed E-state index contributed by atoms with van der Waals surface area (Å²) in [5.74, 6) is 0. The Balaban J connectivity index is 0.000000130. The van der Waals surface area contributed by atoms with Gasteiger partial charge in [0.1, 0.15) is 0 Å². The lowest BCUT2D eigenvalue weighted by Gasteiger charge is -2.12. The normalized spacial score (nSPS) is 12.1. The van der Waals surface area contributed by atoms with E-state index in [0.29, 0.717) is 0 Å². The molecule has 0 aliphatic carbocycles. The van der Waals surface area contributed by atoms with Gasteiger partial charge in [-0.05, 0) is 195 Å². The molecule has 0 radical (unpaired) electrons. The molecule has 0 N–H and O–H groups in total. The van der Waals surface area contributed by atoms with Crippen molar-refractivity contribution in [2.45, 2.75) is 0 Å². The molecule has 4 aromatic heterocycles. The number of rotatable bonds is 6. The smallest absolute Gasteiger partial charge is 0.0547 e. The third kappa shape index (κ3) is 9.05. The van der Waals surface area contributed by atoms with Crippen LogP contribution in [-0.4, -0.2) is 18.3 Å². The minimum Gasteiger partial charge on any atom is -0.309 e. The molecule has 4 heteroatoms. The SMILES string of the molecule is c1ccc2c(-n3c4ccccc4c4c5ccc(-c6ccc7ccc8c(c7c6)c6ccccc6n8-c6cccc7ccccc67)cc5ccc43)cccc2c1.c1ccc2cc(-n3c4ccccc4c4c5cc(-c6ccc7c(ccc8c7c7ccccc7n8-c7cccc8ccccc78)c6)ccc5ccc43)ccc2c1. The quantitative estimate of drug-likeness (QED) is 0.158. The van der Waals surface area contributed by atoms with Crippen molar-refractivity contribution < 1.29 is 0 Å². The van der Waals surface area contributed by atoms with Crippen LogP contribution in [0.25, 0.3) is 218 Å². The Labute approximate surface area is 620 Å². The minimum absolute atomic E-state index is 1.18. The summed E-state index contributed by atoms with van der Waals surface area (Å²) in [6, 6.07) is 143. The molecule has 24 aromatic rings. The van der Waals surface area contributed by atoms with Crippen LogP contribution in [0.5, 0.6) is 0 Å². The number of fused-ring (bicyclic) bond motifs is 24. The summed E-state index contributed by atoms with van der Waals surface area (Å²) in [6.45, 7) is 0. The predicted molar refractivity (Wildman–Crippen MR) is 461 cm³/mol. The molecule has 0 amide bonds. The maximum atomic E-state index is 2.45. The fourth-order valence-electron chi connectivity index (χ4n) is 18.5. The molecule has 0 fully saturated rings. The van der Waals surface area contributed by atoms with Crippen LogP contribution in [0.15, 0.2) is 388 Å². The second-order valence-corrected chi connectivity index (χ2v) is 29.0. The monoisotopic (exact) mass is 1370 g/mol. The van der Waals surface area contributed by atoms with Crippen LogP contribution in [0.4, 0.5) is 0 Å². The molecule has 108 heavy (non-hydrogen) atoms. The zero-order valence-corrected chi connectivity index (χ0v) is 58.7. The number of aromatic nitrogens is 4. The standard InChI is InChI=1S/2C52H32N2/c1-3-15-39-33(11-1)13-9-21-45(39)53-47-19-7-5-17-42(47)51-41-28-25-36(31-38(41)27-30-49(51)53)37-24-23-35-26-29-50-52(44(35)32-37)43-18-6-8-20-48(43)54(50)46-22-10-14-34-12-2-4-16-40(34)46;1-2-12-36-31-40(26-22-33(36)10-1)53-47-17-7-5-15-43(47)52-45-32-38(21-20-35(45)24-28-49(52)53)37-23-27-42-39(30-37)25-29-50-51(42)44-16-6-8-18-48(44)54(50)46-19-9-13-34-11-3-4-14-41(34)46/h2*1-32H. The highest BCUT2D eigenvalue weighted by atomic mass is 15.0. The van der Waals surface area contributed by atoms with Crippen LogP contribution < -0.4 is 0 Å². The first-order valence-electron chi connectivity index (χ1n) is 37.4. The molecule has 0 aliphatic rings. The van der Waals surface area contributed by atoms with Gasteiger partial charge in [-0.25, -0.2) is 0 Å².